The molecular weight excluding hydrogens is 196 g/mol. The average molecular weight is 228 g/mol. The van der Waals surface area contributed by atoms with Gasteiger partial charge in [0.25, 0.3) is 0 Å². The normalized spacial score (nSPS) is 12.9. The molecule has 0 bridgehead atoms. The number of hydrogen-bond acceptors (Lipinski definition) is 1. The van der Waals surface area contributed by atoms with Crippen molar-refractivity contribution in [3.63, 3.8) is 0 Å². The van der Waals surface area contributed by atoms with Crippen LogP contribution in [0.3, 0.4) is 0 Å². The molecule has 0 saturated carbocycles. The van der Waals surface area contributed by atoms with Gasteiger partial charge in [0.1, 0.15) is 0 Å². The summed E-state index contributed by atoms with van der Waals surface area (Å²) in [5.74, 6) is 0.818. The van der Waals surface area contributed by atoms with Crippen LogP contribution in [0.4, 0.5) is 0 Å². The third kappa shape index (κ3) is 10.5. The molecule has 0 aliphatic carbocycles. The van der Waals surface area contributed by atoms with E-state index in [1.807, 2.05) is 7.11 Å². The summed E-state index contributed by atoms with van der Waals surface area (Å²) >= 11 is 0. The quantitative estimate of drug-likeness (QED) is 0.418. The Morgan fingerprint density at radius 3 is 1.81 bits per heavy atom. The Balaban J connectivity index is 3.43. The zero-order valence-corrected chi connectivity index (χ0v) is 11.8. The number of ether oxygens (including phenoxy) is 1. The number of unbranched alkanes of at least 4 members (excludes halogenated alkanes) is 6. The second-order valence-corrected chi connectivity index (χ2v) is 5.02. The second kappa shape index (κ2) is 13.0. The predicted octanol–water partition coefficient (Wildman–Crippen LogP) is 5.19. The lowest BCUT2D eigenvalue weighted by Gasteiger charge is -2.15. The lowest BCUT2D eigenvalue weighted by Crippen LogP contribution is -2.08. The molecule has 98 valence electrons. The lowest BCUT2D eigenvalue weighted by atomic mass is 9.95. The molecule has 0 aliphatic heterocycles. The van der Waals surface area contributed by atoms with Gasteiger partial charge >= 0.3 is 0 Å². The van der Waals surface area contributed by atoms with Gasteiger partial charge in [0, 0.05) is 13.7 Å². The first-order valence-corrected chi connectivity index (χ1v) is 7.34. The first-order valence-electron chi connectivity index (χ1n) is 7.34. The average Bonchev–Trinajstić information content (AvgIpc) is 2.29. The summed E-state index contributed by atoms with van der Waals surface area (Å²) in [7, 11) is 1.84. The van der Waals surface area contributed by atoms with Crippen LogP contribution in [-0.2, 0) is 4.74 Å². The van der Waals surface area contributed by atoms with Gasteiger partial charge in [-0.2, -0.15) is 0 Å². The van der Waals surface area contributed by atoms with Gasteiger partial charge in [-0.05, 0) is 18.8 Å². The van der Waals surface area contributed by atoms with Gasteiger partial charge in [-0.1, -0.05) is 65.2 Å². The van der Waals surface area contributed by atoms with Crippen LogP contribution in [0.5, 0.6) is 0 Å². The van der Waals surface area contributed by atoms with E-state index in [1.165, 1.54) is 64.2 Å². The van der Waals surface area contributed by atoms with Crippen LogP contribution >= 0.6 is 0 Å². The van der Waals surface area contributed by atoms with E-state index in [1.54, 1.807) is 0 Å². The molecule has 1 unspecified atom stereocenters. The van der Waals surface area contributed by atoms with Crippen molar-refractivity contribution in [3.05, 3.63) is 0 Å². The van der Waals surface area contributed by atoms with Gasteiger partial charge in [-0.15, -0.1) is 0 Å². The summed E-state index contributed by atoms with van der Waals surface area (Å²) in [5, 5.41) is 0. The molecule has 0 amide bonds. The molecule has 0 N–H and O–H groups in total. The molecule has 0 aromatic rings. The molecule has 0 heterocycles. The molecule has 0 rings (SSSR count). The largest absolute Gasteiger partial charge is 0.384 e. The van der Waals surface area contributed by atoms with Crippen molar-refractivity contribution in [1.29, 1.82) is 0 Å². The SMILES string of the molecule is CCCCCCCC(CCCCC)COC. The Kier molecular flexibility index (Phi) is 13.0. The van der Waals surface area contributed by atoms with Gasteiger partial charge in [0.05, 0.1) is 0 Å². The van der Waals surface area contributed by atoms with Crippen LogP contribution in [0.25, 0.3) is 0 Å². The molecular formula is C15H32O. The fraction of sp³-hybridized carbons (Fsp3) is 1.00. The molecule has 0 aliphatic rings. The smallest absolute Gasteiger partial charge is 0.0490 e. The zero-order valence-electron chi connectivity index (χ0n) is 11.8. The van der Waals surface area contributed by atoms with E-state index in [9.17, 15) is 0 Å². The van der Waals surface area contributed by atoms with Gasteiger partial charge in [-0.3, -0.25) is 0 Å². The first kappa shape index (κ1) is 16.0. The second-order valence-electron chi connectivity index (χ2n) is 5.02. The van der Waals surface area contributed by atoms with E-state index >= 15 is 0 Å². The Morgan fingerprint density at radius 1 is 0.750 bits per heavy atom. The maximum Gasteiger partial charge on any atom is 0.0490 e. The number of hydrogen-bond donors (Lipinski definition) is 0. The summed E-state index contributed by atoms with van der Waals surface area (Å²) < 4.78 is 5.31. The summed E-state index contributed by atoms with van der Waals surface area (Å²) in [6.45, 7) is 5.52. The molecule has 16 heavy (non-hydrogen) atoms. The molecule has 0 spiro atoms. The summed E-state index contributed by atoms with van der Waals surface area (Å²) in [5.41, 5.74) is 0. The monoisotopic (exact) mass is 228 g/mol. The highest BCUT2D eigenvalue weighted by molar-refractivity contribution is 4.59. The van der Waals surface area contributed by atoms with Crippen LogP contribution in [0.15, 0.2) is 0 Å². The molecule has 1 atom stereocenters. The third-order valence-electron chi connectivity index (χ3n) is 3.33. The zero-order chi connectivity index (χ0) is 12.1. The molecule has 0 radical (unpaired) electrons. The predicted molar refractivity (Wildman–Crippen MR) is 72.9 cm³/mol. The van der Waals surface area contributed by atoms with Crippen LogP contribution in [0, 0.1) is 5.92 Å². The minimum Gasteiger partial charge on any atom is -0.384 e. The molecule has 0 fully saturated rings. The fourth-order valence-corrected chi connectivity index (χ4v) is 2.27. The Labute approximate surface area is 103 Å². The van der Waals surface area contributed by atoms with Crippen molar-refractivity contribution >= 4 is 0 Å². The van der Waals surface area contributed by atoms with E-state index < -0.39 is 0 Å². The Hall–Kier alpha value is -0.0400. The standard InChI is InChI=1S/C15H32O/c1-4-6-8-9-11-13-15(14-16-3)12-10-7-5-2/h15H,4-14H2,1-3H3. The van der Waals surface area contributed by atoms with Crippen LogP contribution in [0.2, 0.25) is 0 Å². The Bertz CT molecular complexity index is 123. The topological polar surface area (TPSA) is 9.23 Å². The molecule has 0 aromatic heterocycles. The van der Waals surface area contributed by atoms with Gasteiger partial charge in [0.2, 0.25) is 0 Å². The van der Waals surface area contributed by atoms with Crippen molar-refractivity contribution < 1.29 is 4.74 Å². The van der Waals surface area contributed by atoms with E-state index in [4.69, 9.17) is 4.74 Å². The molecule has 0 aromatic carbocycles. The maximum absolute atomic E-state index is 5.31. The van der Waals surface area contributed by atoms with E-state index in [2.05, 4.69) is 13.8 Å². The van der Waals surface area contributed by atoms with Gasteiger partial charge in [-0.25, -0.2) is 0 Å². The Morgan fingerprint density at radius 2 is 1.25 bits per heavy atom. The summed E-state index contributed by atoms with van der Waals surface area (Å²) in [6, 6.07) is 0. The van der Waals surface area contributed by atoms with Gasteiger partial charge in [0.15, 0.2) is 0 Å². The van der Waals surface area contributed by atoms with Crippen molar-refractivity contribution in [2.45, 2.75) is 78.1 Å². The summed E-state index contributed by atoms with van der Waals surface area (Å²) in [4.78, 5) is 0. The maximum atomic E-state index is 5.31. The molecule has 1 heteroatoms. The minimum atomic E-state index is 0.818. The third-order valence-corrected chi connectivity index (χ3v) is 3.33. The van der Waals surface area contributed by atoms with Gasteiger partial charge < -0.3 is 4.74 Å². The van der Waals surface area contributed by atoms with Crippen molar-refractivity contribution in [2.24, 2.45) is 5.92 Å². The fourth-order valence-electron chi connectivity index (χ4n) is 2.27. The highest BCUT2D eigenvalue weighted by atomic mass is 16.5. The van der Waals surface area contributed by atoms with Crippen LogP contribution in [0.1, 0.15) is 78.1 Å². The van der Waals surface area contributed by atoms with E-state index in [0.717, 1.165) is 12.5 Å². The van der Waals surface area contributed by atoms with E-state index in [-0.39, 0.29) is 0 Å². The number of methoxy groups -OCH3 is 1. The van der Waals surface area contributed by atoms with Crippen LogP contribution < -0.4 is 0 Å². The summed E-state index contributed by atoms with van der Waals surface area (Å²) in [6.07, 6.45) is 13.8. The van der Waals surface area contributed by atoms with Crippen LogP contribution in [-0.4, -0.2) is 13.7 Å². The first-order chi connectivity index (χ1) is 7.85. The van der Waals surface area contributed by atoms with Crippen molar-refractivity contribution in [2.75, 3.05) is 13.7 Å². The molecule has 1 nitrogen and oxygen atoms in total. The molecule has 0 saturated heterocycles. The number of rotatable bonds is 12. The van der Waals surface area contributed by atoms with Crippen molar-refractivity contribution in [3.8, 4) is 0 Å². The highest BCUT2D eigenvalue weighted by Gasteiger charge is 2.07. The highest BCUT2D eigenvalue weighted by Crippen LogP contribution is 2.18. The van der Waals surface area contributed by atoms with Crippen molar-refractivity contribution in [1.82, 2.24) is 0 Å². The van der Waals surface area contributed by atoms with E-state index in [0.29, 0.717) is 0 Å². The minimum absolute atomic E-state index is 0.818. The lowest BCUT2D eigenvalue weighted by molar-refractivity contribution is 0.140.